The summed E-state index contributed by atoms with van der Waals surface area (Å²) >= 11 is 1.37. The van der Waals surface area contributed by atoms with Gasteiger partial charge >= 0.3 is 0 Å². The van der Waals surface area contributed by atoms with Crippen LogP contribution in [0, 0.1) is 0 Å². The first kappa shape index (κ1) is 20.6. The van der Waals surface area contributed by atoms with Gasteiger partial charge in [0.2, 0.25) is 16.5 Å². The number of thioether (sulfide) groups is 1. The van der Waals surface area contributed by atoms with Gasteiger partial charge in [-0.1, -0.05) is 48.2 Å². The zero-order valence-corrected chi connectivity index (χ0v) is 17.8. The number of aromatic nitrogens is 5. The van der Waals surface area contributed by atoms with Crippen LogP contribution in [-0.2, 0) is 24.1 Å². The van der Waals surface area contributed by atoms with Crippen LogP contribution in [-0.4, -0.2) is 37.8 Å². The number of tetrazole rings is 1. The molecule has 4 rings (SSSR count). The molecule has 0 aliphatic carbocycles. The highest BCUT2D eigenvalue weighted by molar-refractivity contribution is 7.98. The number of rotatable bonds is 7. The van der Waals surface area contributed by atoms with E-state index >= 15 is 0 Å². The molecule has 0 radical (unpaired) electrons. The summed E-state index contributed by atoms with van der Waals surface area (Å²) < 4.78 is 8.41. The lowest BCUT2D eigenvalue weighted by Crippen LogP contribution is -2.23. The van der Waals surface area contributed by atoms with Crippen molar-refractivity contribution < 1.29 is 9.53 Å². The van der Waals surface area contributed by atoms with Crippen molar-refractivity contribution in [3.05, 3.63) is 70.6 Å². The van der Waals surface area contributed by atoms with E-state index in [2.05, 4.69) is 20.8 Å². The molecule has 31 heavy (non-hydrogen) atoms. The van der Waals surface area contributed by atoms with Crippen LogP contribution in [0.25, 0.3) is 10.8 Å². The number of carbonyl (C=O) groups is 1. The number of hydrogen-bond donors (Lipinski definition) is 1. The van der Waals surface area contributed by atoms with Crippen molar-refractivity contribution in [1.82, 2.24) is 24.8 Å². The molecule has 9 nitrogen and oxygen atoms in total. The van der Waals surface area contributed by atoms with Gasteiger partial charge in [0, 0.05) is 35.6 Å². The Labute approximate surface area is 182 Å². The van der Waals surface area contributed by atoms with Crippen molar-refractivity contribution in [2.45, 2.75) is 17.5 Å². The number of hydrogen-bond acceptors (Lipinski definition) is 7. The zero-order valence-electron chi connectivity index (χ0n) is 17.0. The Balaban J connectivity index is 1.57. The summed E-state index contributed by atoms with van der Waals surface area (Å²) in [5.41, 5.74) is 1.14. The van der Waals surface area contributed by atoms with Crippen LogP contribution in [0.3, 0.4) is 0 Å². The van der Waals surface area contributed by atoms with Gasteiger partial charge in [0.1, 0.15) is 6.54 Å². The van der Waals surface area contributed by atoms with Gasteiger partial charge in [-0.05, 0) is 21.9 Å². The topological polar surface area (TPSA) is 104 Å². The van der Waals surface area contributed by atoms with Crippen LogP contribution in [0.1, 0.15) is 5.69 Å². The second-order valence-corrected chi connectivity index (χ2v) is 7.72. The summed E-state index contributed by atoms with van der Waals surface area (Å²) in [5, 5.41) is 16.9. The maximum atomic E-state index is 12.9. The minimum Gasteiger partial charge on any atom is -0.491 e. The van der Waals surface area contributed by atoms with E-state index in [-0.39, 0.29) is 23.6 Å². The largest absolute Gasteiger partial charge is 0.491 e. The highest BCUT2D eigenvalue weighted by Crippen LogP contribution is 2.23. The number of nitrogens with zero attached hydrogens (tertiary/aromatic N) is 5. The van der Waals surface area contributed by atoms with Crippen molar-refractivity contribution in [2.24, 2.45) is 7.05 Å². The molecule has 2 aromatic heterocycles. The Kier molecular flexibility index (Phi) is 5.99. The number of nitrogens with one attached hydrogen (secondary N) is 1. The first-order valence-electron chi connectivity index (χ1n) is 9.45. The van der Waals surface area contributed by atoms with E-state index in [1.807, 2.05) is 42.5 Å². The molecule has 0 aliphatic rings. The van der Waals surface area contributed by atoms with Crippen molar-refractivity contribution in [3.63, 3.8) is 0 Å². The predicted molar refractivity (Wildman–Crippen MR) is 118 cm³/mol. The molecule has 0 saturated heterocycles. The van der Waals surface area contributed by atoms with Gasteiger partial charge in [0.25, 0.3) is 0 Å². The van der Waals surface area contributed by atoms with Crippen LogP contribution >= 0.6 is 11.8 Å². The average molecular weight is 436 g/mol. The molecule has 158 valence electrons. The number of aryl methyl sites for hydroxylation is 1. The van der Waals surface area contributed by atoms with Crippen molar-refractivity contribution in [3.8, 4) is 5.75 Å². The summed E-state index contributed by atoms with van der Waals surface area (Å²) in [5.74, 6) is 0.371. The minimum atomic E-state index is -0.250. The van der Waals surface area contributed by atoms with E-state index in [9.17, 15) is 9.59 Å². The van der Waals surface area contributed by atoms with Crippen molar-refractivity contribution in [1.29, 1.82) is 0 Å². The smallest absolute Gasteiger partial charge is 0.244 e. The summed E-state index contributed by atoms with van der Waals surface area (Å²) in [7, 11) is 3.16. The number of fused-ring (bicyclic) bond motifs is 1. The number of pyridine rings is 1. The Morgan fingerprint density at radius 2 is 2.00 bits per heavy atom. The fraction of sp³-hybridized carbons (Fsp3) is 0.190. The van der Waals surface area contributed by atoms with E-state index in [0.717, 1.165) is 16.5 Å². The molecular weight excluding hydrogens is 416 g/mol. The lowest BCUT2D eigenvalue weighted by atomic mass is 10.1. The second kappa shape index (κ2) is 9.00. The van der Waals surface area contributed by atoms with Gasteiger partial charge in [-0.15, -0.1) is 5.10 Å². The molecule has 0 bridgehead atoms. The van der Waals surface area contributed by atoms with Crippen LogP contribution in [0.5, 0.6) is 5.75 Å². The molecule has 0 aliphatic heterocycles. The first-order chi connectivity index (χ1) is 15.0. The number of amides is 1. The molecule has 10 heteroatoms. The minimum absolute atomic E-state index is 0.0207. The fourth-order valence-corrected chi connectivity index (χ4v) is 4.02. The molecule has 2 aromatic carbocycles. The van der Waals surface area contributed by atoms with E-state index in [1.165, 1.54) is 24.9 Å². The molecule has 1 amide bonds. The highest BCUT2D eigenvalue weighted by Gasteiger charge is 2.13. The third kappa shape index (κ3) is 4.58. The van der Waals surface area contributed by atoms with Crippen LogP contribution in [0.2, 0.25) is 0 Å². The molecular formula is C21H20N6O3S. The Morgan fingerprint density at radius 1 is 1.19 bits per heavy atom. The Morgan fingerprint density at radius 3 is 2.77 bits per heavy atom. The third-order valence-corrected chi connectivity index (χ3v) is 5.75. The standard InChI is InChI=1S/C21H20N6O3S/c1-26-21(23-24-25-26)31-13-15-10-18(28)19(30-2)11-27(15)12-20(29)22-17-9-5-7-14-6-3-4-8-16(14)17/h3-11H,12-13H2,1-2H3,(H,22,29). The maximum Gasteiger partial charge on any atom is 0.244 e. The molecule has 0 atom stereocenters. The van der Waals surface area contributed by atoms with Gasteiger partial charge in [0.15, 0.2) is 5.75 Å². The summed E-state index contributed by atoms with van der Waals surface area (Å²) in [6, 6.07) is 15.1. The zero-order chi connectivity index (χ0) is 21.8. The lowest BCUT2D eigenvalue weighted by molar-refractivity contribution is -0.116. The maximum absolute atomic E-state index is 12.9. The predicted octanol–water partition coefficient (Wildman–Crippen LogP) is 2.46. The van der Waals surface area contributed by atoms with Crippen molar-refractivity contribution in [2.75, 3.05) is 12.4 Å². The van der Waals surface area contributed by atoms with Crippen LogP contribution < -0.4 is 15.5 Å². The monoisotopic (exact) mass is 436 g/mol. The van der Waals surface area contributed by atoms with E-state index in [4.69, 9.17) is 4.74 Å². The van der Waals surface area contributed by atoms with Gasteiger partial charge in [-0.2, -0.15) is 0 Å². The van der Waals surface area contributed by atoms with Crippen molar-refractivity contribution >= 4 is 34.1 Å². The van der Waals surface area contributed by atoms with E-state index in [1.54, 1.807) is 22.5 Å². The van der Waals surface area contributed by atoms with E-state index in [0.29, 0.717) is 16.6 Å². The first-order valence-corrected chi connectivity index (χ1v) is 10.4. The van der Waals surface area contributed by atoms with Gasteiger partial charge in [0.05, 0.1) is 13.3 Å². The van der Waals surface area contributed by atoms with Gasteiger partial charge < -0.3 is 14.6 Å². The Hall–Kier alpha value is -3.66. The second-order valence-electron chi connectivity index (χ2n) is 6.77. The van der Waals surface area contributed by atoms with Crippen LogP contribution in [0.4, 0.5) is 5.69 Å². The molecule has 2 heterocycles. The molecule has 0 spiro atoms. The summed E-state index contributed by atoms with van der Waals surface area (Å²) in [6.45, 7) is 0.0207. The summed E-state index contributed by atoms with van der Waals surface area (Å²) in [6.07, 6.45) is 1.55. The third-order valence-electron chi connectivity index (χ3n) is 4.71. The molecule has 0 fully saturated rings. The molecule has 0 unspecified atom stereocenters. The normalized spacial score (nSPS) is 10.9. The number of anilines is 1. The van der Waals surface area contributed by atoms with Gasteiger partial charge in [-0.25, -0.2) is 4.68 Å². The fourth-order valence-electron chi connectivity index (χ4n) is 3.18. The number of ether oxygens (including phenoxy) is 1. The number of benzene rings is 2. The lowest BCUT2D eigenvalue weighted by Gasteiger charge is -2.15. The summed E-state index contributed by atoms with van der Waals surface area (Å²) in [4.78, 5) is 25.1. The number of methoxy groups -OCH3 is 1. The molecule has 4 aromatic rings. The molecule has 0 saturated carbocycles. The SMILES string of the molecule is COc1cn(CC(=O)Nc2cccc3ccccc23)c(CSc2nnnn2C)cc1=O. The van der Waals surface area contributed by atoms with Crippen LogP contribution in [0.15, 0.2) is 64.7 Å². The average Bonchev–Trinajstić information content (AvgIpc) is 3.18. The number of carbonyl (C=O) groups excluding carboxylic acids is 1. The Bertz CT molecular complexity index is 1290. The molecule has 1 N–H and O–H groups in total. The van der Waals surface area contributed by atoms with Gasteiger partial charge in [-0.3, -0.25) is 9.59 Å². The highest BCUT2D eigenvalue weighted by atomic mass is 32.2. The quantitative estimate of drug-likeness (QED) is 0.444. The van der Waals surface area contributed by atoms with E-state index < -0.39 is 0 Å².